The first-order chi connectivity index (χ1) is 28.2. The predicted molar refractivity (Wildman–Crippen MR) is 248 cm³/mol. The van der Waals surface area contributed by atoms with Gasteiger partial charge in [-0.25, -0.2) is 9.79 Å². The normalized spacial score (nSPS) is 17.9. The number of amidine groups is 1. The molecular weight excluding hydrogens is 733 g/mol. The van der Waals surface area contributed by atoms with Gasteiger partial charge in [0.25, 0.3) is 6.02 Å². The largest absolute Gasteiger partial charge is 0.463 e. The zero-order chi connectivity index (χ0) is 43.2. The lowest BCUT2D eigenvalue weighted by Crippen LogP contribution is -2.49. The molecule has 0 bridgehead atoms. The van der Waals surface area contributed by atoms with Crippen LogP contribution in [0.5, 0.6) is 0 Å². The summed E-state index contributed by atoms with van der Waals surface area (Å²) in [7, 11) is 3.79. The second-order valence-corrected chi connectivity index (χ2v) is 17.1. The number of unbranched alkanes of at least 4 members (excludes halogenated alkanes) is 1. The summed E-state index contributed by atoms with van der Waals surface area (Å²) in [6.07, 6.45) is 28.2. The maximum absolute atomic E-state index is 13.0. The van der Waals surface area contributed by atoms with Crippen LogP contribution >= 0.6 is 0 Å². The summed E-state index contributed by atoms with van der Waals surface area (Å²) in [5, 5.41) is 5.82. The Morgan fingerprint density at radius 1 is 0.729 bits per heavy atom. The zero-order valence-corrected chi connectivity index (χ0v) is 38.4. The highest BCUT2D eigenvalue weighted by Crippen LogP contribution is 2.35. The molecule has 4 N–H and O–H groups in total. The number of nitrogens with one attached hydrogen (secondary N) is 2. The van der Waals surface area contributed by atoms with Crippen molar-refractivity contribution < 1.29 is 14.3 Å². The minimum atomic E-state index is -0.993. The molecular formula is C50H78N6O3. The number of nitrogens with two attached hydrogens (primary N) is 1. The molecule has 1 aromatic carbocycles. The van der Waals surface area contributed by atoms with E-state index in [4.69, 9.17) is 20.2 Å². The van der Waals surface area contributed by atoms with Gasteiger partial charge in [0.1, 0.15) is 18.1 Å². The molecule has 0 aliphatic carbocycles. The Hall–Kier alpha value is -4.34. The average Bonchev–Trinajstić information content (AvgIpc) is 3.43. The number of aliphatic imine (C=N–C) groups is 1. The molecule has 0 radical (unpaired) electrons. The Morgan fingerprint density at radius 3 is 1.75 bits per heavy atom. The topological polar surface area (TPSA) is 104 Å². The summed E-state index contributed by atoms with van der Waals surface area (Å²) >= 11 is 0. The van der Waals surface area contributed by atoms with Crippen molar-refractivity contribution >= 4 is 12.1 Å². The fourth-order valence-corrected chi connectivity index (χ4v) is 7.33. The van der Waals surface area contributed by atoms with E-state index >= 15 is 0 Å². The van der Waals surface area contributed by atoms with Crippen LogP contribution in [0.25, 0.3) is 0 Å². The summed E-state index contributed by atoms with van der Waals surface area (Å²) < 4.78 is 10.8. The summed E-state index contributed by atoms with van der Waals surface area (Å²) in [5.74, 6) is 0.322. The highest BCUT2D eigenvalue weighted by molar-refractivity contribution is 5.86. The van der Waals surface area contributed by atoms with E-state index in [2.05, 4.69) is 132 Å². The summed E-state index contributed by atoms with van der Waals surface area (Å²) in [6.45, 7) is 20.6. The third-order valence-corrected chi connectivity index (χ3v) is 11.1. The van der Waals surface area contributed by atoms with Crippen molar-refractivity contribution in [3.63, 3.8) is 0 Å². The lowest BCUT2D eigenvalue weighted by molar-refractivity contribution is 0.132. The van der Waals surface area contributed by atoms with Gasteiger partial charge in [-0.1, -0.05) is 94.2 Å². The van der Waals surface area contributed by atoms with Gasteiger partial charge < -0.3 is 25.4 Å². The van der Waals surface area contributed by atoms with Crippen LogP contribution in [-0.2, 0) is 22.6 Å². The quantitative estimate of drug-likeness (QED) is 0.0636. The zero-order valence-electron chi connectivity index (χ0n) is 38.4. The Balaban J connectivity index is 1.30. The maximum Gasteiger partial charge on any atom is 0.324 e. The lowest BCUT2D eigenvalue weighted by Gasteiger charge is -2.34. The Labute approximate surface area is 358 Å². The van der Waals surface area contributed by atoms with E-state index in [1.165, 1.54) is 51.8 Å². The van der Waals surface area contributed by atoms with E-state index in [1.54, 1.807) is 12.0 Å². The summed E-state index contributed by atoms with van der Waals surface area (Å²) in [4.78, 5) is 21.8. The first-order valence-corrected chi connectivity index (χ1v) is 22.0. The van der Waals surface area contributed by atoms with Crippen LogP contribution in [0.4, 0.5) is 4.79 Å². The molecule has 2 aliphatic heterocycles. The molecule has 1 aromatic rings. The van der Waals surface area contributed by atoms with Crippen molar-refractivity contribution in [1.82, 2.24) is 20.4 Å². The number of hydrogen-bond acceptors (Lipinski definition) is 7. The predicted octanol–water partition coefficient (Wildman–Crippen LogP) is 11.5. The van der Waals surface area contributed by atoms with Crippen LogP contribution in [-0.4, -0.2) is 61.4 Å². The molecule has 1 atom stereocenters. The molecule has 59 heavy (non-hydrogen) atoms. The van der Waals surface area contributed by atoms with E-state index in [0.29, 0.717) is 31.3 Å². The van der Waals surface area contributed by atoms with Crippen LogP contribution in [0, 0.1) is 0 Å². The second-order valence-electron chi connectivity index (χ2n) is 17.1. The number of rotatable bonds is 26. The number of carbonyl (C=O) groups excluding carboxylic acids is 1. The van der Waals surface area contributed by atoms with E-state index < -0.39 is 5.66 Å². The first kappa shape index (κ1) is 49.0. The van der Waals surface area contributed by atoms with Crippen molar-refractivity contribution in [3.05, 3.63) is 117 Å². The number of carbonyl (C=O) groups is 1. The summed E-state index contributed by atoms with van der Waals surface area (Å²) in [5.41, 5.74) is 17.0. The van der Waals surface area contributed by atoms with Gasteiger partial charge in [0.2, 0.25) is 0 Å². The fourth-order valence-electron chi connectivity index (χ4n) is 7.33. The molecule has 2 amide bonds. The van der Waals surface area contributed by atoms with Crippen molar-refractivity contribution in [2.75, 3.05) is 33.9 Å². The number of hydrogen-bond donors (Lipinski definition) is 3. The van der Waals surface area contributed by atoms with Crippen molar-refractivity contribution in [1.29, 1.82) is 0 Å². The van der Waals surface area contributed by atoms with E-state index in [-0.39, 0.29) is 12.1 Å². The average molecular weight is 811 g/mol. The third kappa shape index (κ3) is 18.2. The molecule has 9 nitrogen and oxygen atoms in total. The number of ether oxygens (including phenoxy) is 2. The fraction of sp³-hybridized carbons (Fsp3) is 0.560. The van der Waals surface area contributed by atoms with E-state index in [0.717, 1.165) is 82.9 Å². The van der Waals surface area contributed by atoms with Crippen LogP contribution in [0.3, 0.4) is 0 Å². The van der Waals surface area contributed by atoms with Gasteiger partial charge in [-0.3, -0.25) is 10.2 Å². The maximum atomic E-state index is 13.0. The van der Waals surface area contributed by atoms with Gasteiger partial charge in [-0.05, 0) is 157 Å². The molecule has 3 rings (SSSR count). The first-order valence-electron chi connectivity index (χ1n) is 22.0. The van der Waals surface area contributed by atoms with Crippen molar-refractivity contribution in [2.45, 2.75) is 151 Å². The number of nitrogens with zero attached hydrogens (tertiary/aromatic N) is 3. The Bertz CT molecular complexity index is 1740. The van der Waals surface area contributed by atoms with Crippen LogP contribution in [0.15, 0.2) is 111 Å². The number of allylic oxidation sites excluding steroid dienone is 12. The number of urea groups is 1. The number of amides is 2. The molecule has 0 saturated carbocycles. The molecule has 1 unspecified atom stereocenters. The highest BCUT2D eigenvalue weighted by Gasteiger charge is 2.50. The smallest absolute Gasteiger partial charge is 0.324 e. The van der Waals surface area contributed by atoms with Crippen LogP contribution in [0.2, 0.25) is 0 Å². The SMILES string of the molecule is COCCOC1=NC2(C)C(=C(N)N1)NC(=O)N2Cc1ccc(CN(C)CCC/C(C)=C/CC/C(C)=C/CC/C(C)=C/CC/C=C(\C)CC/C=C(\C)CCC=C(C)C)cc1. The Kier molecular flexibility index (Phi) is 21.6. The third-order valence-electron chi connectivity index (χ3n) is 11.1. The molecule has 9 heteroatoms. The van der Waals surface area contributed by atoms with Crippen molar-refractivity contribution in [3.8, 4) is 0 Å². The van der Waals surface area contributed by atoms with Gasteiger partial charge in [-0.2, -0.15) is 0 Å². The highest BCUT2D eigenvalue weighted by atomic mass is 16.5. The van der Waals surface area contributed by atoms with Crippen LogP contribution in [0.1, 0.15) is 144 Å². The molecule has 2 aliphatic rings. The molecule has 2 heterocycles. The van der Waals surface area contributed by atoms with Gasteiger partial charge in [0, 0.05) is 13.7 Å². The molecule has 0 aromatic heterocycles. The van der Waals surface area contributed by atoms with E-state index in [9.17, 15) is 4.79 Å². The standard InChI is InChI=1S/C50H78N6O3/c1-38(2)18-13-21-41(5)24-14-22-39(3)19-11-12-20-40(4)23-15-25-42(6)26-16-27-43(7)28-17-33-55(9)36-44-29-31-45(32-30-44)37-56-49(57)52-46-47(51)53-48(54-50(46,56)8)59-35-34-58-10/h18-20,24-25,27,29-32H,11-17,21-23,26,28,33-37,51H2,1-10H3,(H,52,57)(H,53,54)/b39-19+,40-20+,41-24+,42-25+,43-27+. The molecule has 1 saturated heterocycles. The van der Waals surface area contributed by atoms with Gasteiger partial charge in [-0.15, -0.1) is 0 Å². The molecule has 326 valence electrons. The Morgan fingerprint density at radius 2 is 1.22 bits per heavy atom. The second kappa shape index (κ2) is 26.0. The summed E-state index contributed by atoms with van der Waals surface area (Å²) in [6, 6.07) is 8.49. The monoisotopic (exact) mass is 811 g/mol. The van der Waals surface area contributed by atoms with E-state index in [1.807, 2.05) is 6.92 Å². The van der Waals surface area contributed by atoms with Gasteiger partial charge in [0.15, 0.2) is 5.66 Å². The van der Waals surface area contributed by atoms with Gasteiger partial charge >= 0.3 is 6.03 Å². The lowest BCUT2D eigenvalue weighted by atomic mass is 10.0. The number of fused-ring (bicyclic) bond motifs is 1. The minimum Gasteiger partial charge on any atom is -0.463 e. The molecule has 0 spiro atoms. The molecule has 1 fully saturated rings. The van der Waals surface area contributed by atoms with Crippen LogP contribution < -0.4 is 16.4 Å². The van der Waals surface area contributed by atoms with Crippen molar-refractivity contribution in [2.24, 2.45) is 10.7 Å². The number of benzene rings is 1. The minimum absolute atomic E-state index is 0.247. The number of methoxy groups -OCH3 is 1. The van der Waals surface area contributed by atoms with Gasteiger partial charge in [0.05, 0.1) is 13.2 Å².